The number of sulfonamides is 1. The van der Waals surface area contributed by atoms with Crippen molar-refractivity contribution in [2.75, 3.05) is 13.1 Å². The molecule has 0 spiro atoms. The minimum atomic E-state index is -3.93. The van der Waals surface area contributed by atoms with Crippen LogP contribution in [0.2, 0.25) is 5.02 Å². The third-order valence-electron chi connectivity index (χ3n) is 4.18. The van der Waals surface area contributed by atoms with Crippen molar-refractivity contribution >= 4 is 33.5 Å². The molecule has 10 heteroatoms. The van der Waals surface area contributed by atoms with Crippen LogP contribution in [0.5, 0.6) is 0 Å². The van der Waals surface area contributed by atoms with E-state index < -0.39 is 28.1 Å². The van der Waals surface area contributed by atoms with Gasteiger partial charge in [0.1, 0.15) is 6.04 Å². The molecule has 0 radical (unpaired) electrons. The Balaban J connectivity index is 1.95. The molecule has 8 nitrogen and oxygen atoms in total. The van der Waals surface area contributed by atoms with Crippen LogP contribution in [0.15, 0.2) is 29.2 Å². The molecule has 1 saturated heterocycles. The van der Waals surface area contributed by atoms with Crippen LogP contribution in [0.3, 0.4) is 0 Å². The maximum absolute atomic E-state index is 12.5. The van der Waals surface area contributed by atoms with E-state index in [9.17, 15) is 18.0 Å². The zero-order valence-corrected chi connectivity index (χ0v) is 17.8. The topological polar surface area (TPSA) is 102 Å². The van der Waals surface area contributed by atoms with Crippen molar-refractivity contribution in [3.63, 3.8) is 0 Å². The predicted molar refractivity (Wildman–Crippen MR) is 103 cm³/mol. The molecule has 1 aliphatic rings. The Morgan fingerprint density at radius 3 is 2.25 bits per heavy atom. The highest BCUT2D eigenvalue weighted by atomic mass is 35.5. The lowest BCUT2D eigenvalue weighted by molar-refractivity contribution is -0.165. The molecule has 0 bridgehead atoms. The van der Waals surface area contributed by atoms with Gasteiger partial charge in [0, 0.05) is 18.1 Å². The molecule has 2 rings (SSSR count). The van der Waals surface area contributed by atoms with Gasteiger partial charge < -0.3 is 14.4 Å². The summed E-state index contributed by atoms with van der Waals surface area (Å²) in [5, 5.41) is 0.394. The van der Waals surface area contributed by atoms with Gasteiger partial charge in [0.2, 0.25) is 10.0 Å². The van der Waals surface area contributed by atoms with E-state index in [1.807, 2.05) is 13.8 Å². The Morgan fingerprint density at radius 1 is 1.18 bits per heavy atom. The van der Waals surface area contributed by atoms with Crippen LogP contribution in [-0.4, -0.2) is 62.6 Å². The second-order valence-electron chi connectivity index (χ2n) is 6.88. The standard InChI is InChI=1S/C18H25ClN2O6S/c1-11-9-21(10-12(2)26-11)17(22)14(4)27-18(23)13(3)20-28(24,25)16-7-5-15(19)6-8-16/h5-8,11-14,20H,9-10H2,1-4H3. The number of ether oxygens (including phenoxy) is 2. The van der Waals surface area contributed by atoms with E-state index in [-0.39, 0.29) is 23.0 Å². The number of halogens is 1. The highest BCUT2D eigenvalue weighted by Gasteiger charge is 2.32. The molecule has 1 aliphatic heterocycles. The first-order valence-corrected chi connectivity index (χ1v) is 10.8. The number of morpholine rings is 1. The van der Waals surface area contributed by atoms with Gasteiger partial charge in [-0.3, -0.25) is 9.59 Å². The van der Waals surface area contributed by atoms with Crippen molar-refractivity contribution in [1.29, 1.82) is 0 Å². The van der Waals surface area contributed by atoms with Crippen molar-refractivity contribution in [2.45, 2.75) is 56.9 Å². The van der Waals surface area contributed by atoms with Crippen LogP contribution < -0.4 is 4.72 Å². The van der Waals surface area contributed by atoms with Crippen LogP contribution in [-0.2, 0) is 29.1 Å². The van der Waals surface area contributed by atoms with Crippen LogP contribution in [0.25, 0.3) is 0 Å². The van der Waals surface area contributed by atoms with Crippen molar-refractivity contribution in [2.24, 2.45) is 0 Å². The summed E-state index contributed by atoms with van der Waals surface area (Å²) >= 11 is 5.75. The quantitative estimate of drug-likeness (QED) is 0.684. The minimum Gasteiger partial charge on any atom is -0.451 e. The number of nitrogens with one attached hydrogen (secondary N) is 1. The fourth-order valence-electron chi connectivity index (χ4n) is 2.90. The third kappa shape index (κ3) is 5.91. The normalized spacial score (nSPS) is 22.4. The molecule has 1 aromatic rings. The first-order valence-electron chi connectivity index (χ1n) is 8.92. The Morgan fingerprint density at radius 2 is 1.71 bits per heavy atom. The highest BCUT2D eigenvalue weighted by molar-refractivity contribution is 7.89. The molecular weight excluding hydrogens is 408 g/mol. The summed E-state index contributed by atoms with van der Waals surface area (Å²) in [6.07, 6.45) is -1.26. The summed E-state index contributed by atoms with van der Waals surface area (Å²) in [6.45, 7) is 7.35. The number of amides is 1. The van der Waals surface area contributed by atoms with E-state index in [4.69, 9.17) is 21.1 Å². The van der Waals surface area contributed by atoms with Gasteiger partial charge in [0.05, 0.1) is 17.1 Å². The average Bonchev–Trinajstić information content (AvgIpc) is 2.60. The van der Waals surface area contributed by atoms with Crippen LogP contribution >= 0.6 is 11.6 Å². The summed E-state index contributed by atoms with van der Waals surface area (Å²) in [5.74, 6) is -1.18. The average molecular weight is 433 g/mol. The van der Waals surface area contributed by atoms with Crippen LogP contribution in [0.1, 0.15) is 27.7 Å². The van der Waals surface area contributed by atoms with Gasteiger partial charge in [0.15, 0.2) is 6.10 Å². The third-order valence-corrected chi connectivity index (χ3v) is 5.99. The summed E-state index contributed by atoms with van der Waals surface area (Å²) in [7, 11) is -3.93. The molecule has 1 heterocycles. The summed E-state index contributed by atoms with van der Waals surface area (Å²) < 4.78 is 37.7. The molecule has 1 aromatic carbocycles. The van der Waals surface area contributed by atoms with Gasteiger partial charge in [0.25, 0.3) is 5.91 Å². The lowest BCUT2D eigenvalue weighted by Gasteiger charge is -2.36. The molecule has 4 unspecified atom stereocenters. The Labute approximate surface area is 170 Å². The van der Waals surface area contributed by atoms with Gasteiger partial charge in [-0.25, -0.2) is 8.42 Å². The molecule has 1 amide bonds. The van der Waals surface area contributed by atoms with Gasteiger partial charge in [-0.15, -0.1) is 0 Å². The van der Waals surface area contributed by atoms with E-state index in [1.165, 1.54) is 38.1 Å². The fourth-order valence-corrected chi connectivity index (χ4v) is 4.22. The highest BCUT2D eigenvalue weighted by Crippen LogP contribution is 2.15. The monoisotopic (exact) mass is 432 g/mol. The van der Waals surface area contributed by atoms with Gasteiger partial charge in [-0.1, -0.05) is 11.6 Å². The minimum absolute atomic E-state index is 0.0306. The molecule has 0 aliphatic carbocycles. The first kappa shape index (κ1) is 22.6. The molecule has 0 saturated carbocycles. The molecule has 28 heavy (non-hydrogen) atoms. The predicted octanol–water partition coefficient (Wildman–Crippen LogP) is 1.57. The van der Waals surface area contributed by atoms with Crippen LogP contribution in [0.4, 0.5) is 0 Å². The molecular formula is C18H25ClN2O6S. The zero-order valence-electron chi connectivity index (χ0n) is 16.2. The summed E-state index contributed by atoms with van der Waals surface area (Å²) in [5.41, 5.74) is 0. The number of carbonyl (C=O) groups excluding carboxylic acids is 2. The number of rotatable bonds is 6. The molecule has 0 aromatic heterocycles. The largest absolute Gasteiger partial charge is 0.451 e. The number of benzene rings is 1. The maximum Gasteiger partial charge on any atom is 0.324 e. The zero-order chi connectivity index (χ0) is 21.1. The Hall–Kier alpha value is -1.68. The smallest absolute Gasteiger partial charge is 0.324 e. The van der Waals surface area contributed by atoms with Gasteiger partial charge >= 0.3 is 5.97 Å². The Kier molecular flexibility index (Phi) is 7.44. The van der Waals surface area contributed by atoms with Crippen molar-refractivity contribution in [3.8, 4) is 0 Å². The van der Waals surface area contributed by atoms with E-state index in [0.29, 0.717) is 18.1 Å². The van der Waals surface area contributed by atoms with E-state index in [0.717, 1.165) is 0 Å². The lowest BCUT2D eigenvalue weighted by atomic mass is 10.2. The lowest BCUT2D eigenvalue weighted by Crippen LogP contribution is -2.52. The second kappa shape index (κ2) is 9.21. The fraction of sp³-hybridized carbons (Fsp3) is 0.556. The molecule has 4 atom stereocenters. The van der Waals surface area contributed by atoms with Gasteiger partial charge in [-0.05, 0) is 52.0 Å². The first-order chi connectivity index (χ1) is 13.0. The van der Waals surface area contributed by atoms with E-state index >= 15 is 0 Å². The second-order valence-corrected chi connectivity index (χ2v) is 9.03. The maximum atomic E-state index is 12.5. The van der Waals surface area contributed by atoms with Gasteiger partial charge in [-0.2, -0.15) is 4.72 Å². The van der Waals surface area contributed by atoms with Crippen LogP contribution in [0, 0.1) is 0 Å². The Bertz CT molecular complexity index is 804. The molecule has 1 N–H and O–H groups in total. The van der Waals surface area contributed by atoms with Crippen molar-refractivity contribution in [3.05, 3.63) is 29.3 Å². The summed E-state index contributed by atoms with van der Waals surface area (Å²) in [4.78, 5) is 26.3. The number of carbonyl (C=O) groups is 2. The number of hydrogen-bond donors (Lipinski definition) is 1. The SMILES string of the molecule is CC1CN(C(=O)C(C)OC(=O)C(C)NS(=O)(=O)c2ccc(Cl)cc2)CC(C)O1. The summed E-state index contributed by atoms with van der Waals surface area (Å²) in [6, 6.07) is 4.36. The van der Waals surface area contributed by atoms with E-state index in [2.05, 4.69) is 4.72 Å². The number of hydrogen-bond acceptors (Lipinski definition) is 6. The molecule has 156 valence electrons. The number of nitrogens with zero attached hydrogens (tertiary/aromatic N) is 1. The number of esters is 1. The van der Waals surface area contributed by atoms with Crippen molar-refractivity contribution < 1.29 is 27.5 Å². The van der Waals surface area contributed by atoms with E-state index in [1.54, 1.807) is 4.90 Å². The molecule has 1 fully saturated rings. The van der Waals surface area contributed by atoms with Crippen molar-refractivity contribution in [1.82, 2.24) is 9.62 Å².